The smallest absolute Gasteiger partial charge is 0.322 e. The molecule has 1 atom stereocenters. The van der Waals surface area contributed by atoms with Crippen LogP contribution in [0.15, 0.2) is 4.99 Å². The number of nitrogens with zero attached hydrogens (tertiary/aromatic N) is 1. The van der Waals surface area contributed by atoms with Crippen molar-refractivity contribution in [2.75, 3.05) is 13.2 Å². The Balaban J connectivity index is 3.64. The van der Waals surface area contributed by atoms with Crippen molar-refractivity contribution in [3.8, 4) is 0 Å². The number of ether oxygens (including phenoxy) is 1. The lowest BCUT2D eigenvalue weighted by Gasteiger charge is -2.11. The fraction of sp³-hybridized carbons (Fsp3) is 0.778. The number of hydrogen-bond donors (Lipinski definition) is 5. The number of esters is 1. The zero-order valence-corrected chi connectivity index (χ0v) is 9.58. The van der Waals surface area contributed by atoms with Crippen LogP contribution in [0.4, 0.5) is 0 Å². The summed E-state index contributed by atoms with van der Waals surface area (Å²) in [4.78, 5) is 15.0. The van der Waals surface area contributed by atoms with Crippen LogP contribution in [0.1, 0.15) is 19.3 Å². The number of aliphatic hydroxyl groups is 2. The van der Waals surface area contributed by atoms with Gasteiger partial charge in [0.2, 0.25) is 0 Å². The van der Waals surface area contributed by atoms with Gasteiger partial charge >= 0.3 is 5.97 Å². The molecule has 100 valence electrons. The van der Waals surface area contributed by atoms with E-state index >= 15 is 0 Å². The third-order valence-electron chi connectivity index (χ3n) is 1.89. The minimum Gasteiger partial charge on any atom is -0.464 e. The van der Waals surface area contributed by atoms with Crippen molar-refractivity contribution < 1.29 is 19.7 Å². The summed E-state index contributed by atoms with van der Waals surface area (Å²) in [6, 6.07) is -0.750. The van der Waals surface area contributed by atoms with Gasteiger partial charge < -0.3 is 32.2 Å². The molecular formula is C9H20N4O4. The Morgan fingerprint density at radius 1 is 1.29 bits per heavy atom. The highest BCUT2D eigenvalue weighted by Crippen LogP contribution is 1.99. The van der Waals surface area contributed by atoms with Crippen LogP contribution in [0.5, 0.6) is 0 Å². The summed E-state index contributed by atoms with van der Waals surface area (Å²) in [5, 5.41) is 17.0. The Kier molecular flexibility index (Phi) is 8.03. The standard InChI is InChI=1S/C9H20N4O4/c10-6(2-1-4-13-9(11)12)8(16)17-5-3-7(14)15/h6-7,14-15H,1-5,10H2,(H4,11,12,13)/t6-/m0/s1. The predicted octanol–water partition coefficient (Wildman–Crippen LogP) is -2.39. The van der Waals surface area contributed by atoms with Gasteiger partial charge in [-0.15, -0.1) is 0 Å². The number of hydrogen-bond acceptors (Lipinski definition) is 6. The summed E-state index contributed by atoms with van der Waals surface area (Å²) in [6.45, 7) is 0.330. The van der Waals surface area contributed by atoms with E-state index in [9.17, 15) is 4.79 Å². The maximum Gasteiger partial charge on any atom is 0.322 e. The molecule has 0 saturated heterocycles. The second kappa shape index (κ2) is 8.74. The molecule has 0 bridgehead atoms. The quantitative estimate of drug-likeness (QED) is 0.105. The van der Waals surface area contributed by atoms with E-state index in [4.69, 9.17) is 32.2 Å². The number of aliphatic hydroxyl groups excluding tert-OH is 1. The number of rotatable bonds is 8. The highest BCUT2D eigenvalue weighted by Gasteiger charge is 2.14. The fourth-order valence-electron chi connectivity index (χ4n) is 1.01. The average Bonchev–Trinajstić information content (AvgIpc) is 2.23. The van der Waals surface area contributed by atoms with Gasteiger partial charge in [-0.1, -0.05) is 0 Å². The highest BCUT2D eigenvalue weighted by molar-refractivity contribution is 5.76. The van der Waals surface area contributed by atoms with E-state index in [0.717, 1.165) is 0 Å². The Bertz CT molecular complexity index is 253. The summed E-state index contributed by atoms with van der Waals surface area (Å²) >= 11 is 0. The molecule has 0 aliphatic heterocycles. The lowest BCUT2D eigenvalue weighted by molar-refractivity contribution is -0.147. The van der Waals surface area contributed by atoms with E-state index in [0.29, 0.717) is 19.4 Å². The van der Waals surface area contributed by atoms with E-state index in [2.05, 4.69) is 4.99 Å². The molecule has 0 rings (SSSR count). The van der Waals surface area contributed by atoms with Gasteiger partial charge in [0.05, 0.1) is 6.61 Å². The number of carbonyl (C=O) groups excluding carboxylic acids is 1. The van der Waals surface area contributed by atoms with Crippen LogP contribution < -0.4 is 17.2 Å². The minimum atomic E-state index is -1.49. The maximum absolute atomic E-state index is 11.3. The van der Waals surface area contributed by atoms with Crippen LogP contribution in [-0.2, 0) is 9.53 Å². The summed E-state index contributed by atoms with van der Waals surface area (Å²) < 4.78 is 4.72. The van der Waals surface area contributed by atoms with Crippen LogP contribution in [0, 0.1) is 0 Å². The molecule has 0 heterocycles. The number of nitrogens with two attached hydrogens (primary N) is 3. The van der Waals surface area contributed by atoms with Gasteiger partial charge in [0.15, 0.2) is 12.2 Å². The van der Waals surface area contributed by atoms with Crippen molar-refractivity contribution in [2.24, 2.45) is 22.2 Å². The van der Waals surface area contributed by atoms with Crippen LogP contribution in [-0.4, -0.2) is 47.6 Å². The summed E-state index contributed by atoms with van der Waals surface area (Å²) in [6.07, 6.45) is -0.554. The zero-order valence-electron chi connectivity index (χ0n) is 9.58. The van der Waals surface area contributed by atoms with E-state index < -0.39 is 18.3 Å². The Hall–Kier alpha value is -1.38. The van der Waals surface area contributed by atoms with E-state index in [-0.39, 0.29) is 19.0 Å². The fourth-order valence-corrected chi connectivity index (χ4v) is 1.01. The van der Waals surface area contributed by atoms with Gasteiger partial charge in [-0.25, -0.2) is 0 Å². The first-order valence-electron chi connectivity index (χ1n) is 5.27. The molecule has 8 N–H and O–H groups in total. The van der Waals surface area contributed by atoms with Crippen molar-refractivity contribution in [1.82, 2.24) is 0 Å². The summed E-state index contributed by atoms with van der Waals surface area (Å²) in [5.41, 5.74) is 15.8. The second-order valence-electron chi connectivity index (χ2n) is 3.49. The molecule has 17 heavy (non-hydrogen) atoms. The number of guanidine groups is 1. The lowest BCUT2D eigenvalue weighted by Crippen LogP contribution is -2.33. The molecule has 0 aromatic rings. The molecule has 0 aliphatic carbocycles. The Labute approximate surface area is 99.4 Å². The van der Waals surface area contributed by atoms with Crippen LogP contribution in [0.2, 0.25) is 0 Å². The van der Waals surface area contributed by atoms with Gasteiger partial charge in [0.1, 0.15) is 6.04 Å². The molecule has 8 nitrogen and oxygen atoms in total. The summed E-state index contributed by atoms with van der Waals surface area (Å²) in [5.74, 6) is -0.576. The molecule has 0 fully saturated rings. The lowest BCUT2D eigenvalue weighted by atomic mass is 10.2. The third-order valence-corrected chi connectivity index (χ3v) is 1.89. The highest BCUT2D eigenvalue weighted by atomic mass is 16.5. The molecule has 0 aromatic heterocycles. The topological polar surface area (TPSA) is 157 Å². The van der Waals surface area contributed by atoms with Crippen molar-refractivity contribution in [1.29, 1.82) is 0 Å². The molecule has 8 heteroatoms. The molecule has 0 saturated carbocycles. The average molecular weight is 248 g/mol. The first-order chi connectivity index (χ1) is 7.93. The van der Waals surface area contributed by atoms with Crippen molar-refractivity contribution >= 4 is 11.9 Å². The van der Waals surface area contributed by atoms with Gasteiger partial charge in [-0.2, -0.15) is 0 Å². The summed E-state index contributed by atoms with van der Waals surface area (Å²) in [7, 11) is 0. The second-order valence-corrected chi connectivity index (χ2v) is 3.49. The first kappa shape index (κ1) is 15.6. The van der Waals surface area contributed by atoms with Gasteiger partial charge in [-0.05, 0) is 12.8 Å². The van der Waals surface area contributed by atoms with E-state index in [1.807, 2.05) is 0 Å². The predicted molar refractivity (Wildman–Crippen MR) is 61.7 cm³/mol. The molecule has 0 amide bonds. The Morgan fingerprint density at radius 2 is 1.94 bits per heavy atom. The first-order valence-corrected chi connectivity index (χ1v) is 5.27. The molecular weight excluding hydrogens is 228 g/mol. The van der Waals surface area contributed by atoms with E-state index in [1.165, 1.54) is 0 Å². The van der Waals surface area contributed by atoms with Gasteiger partial charge in [0, 0.05) is 13.0 Å². The molecule has 0 spiro atoms. The minimum absolute atomic E-state index is 0.00178. The maximum atomic E-state index is 11.3. The van der Waals surface area contributed by atoms with Gasteiger partial charge in [0.25, 0.3) is 0 Å². The molecule has 0 radical (unpaired) electrons. The zero-order chi connectivity index (χ0) is 13.3. The number of aliphatic imine (C=N–C) groups is 1. The van der Waals surface area contributed by atoms with Crippen molar-refractivity contribution in [3.63, 3.8) is 0 Å². The van der Waals surface area contributed by atoms with Crippen LogP contribution in [0.3, 0.4) is 0 Å². The molecule has 0 aliphatic rings. The Morgan fingerprint density at radius 3 is 2.47 bits per heavy atom. The SMILES string of the molecule is NC(N)=NCCC[C@H](N)C(=O)OCCC(O)O. The third kappa shape index (κ3) is 9.54. The van der Waals surface area contributed by atoms with Crippen molar-refractivity contribution in [3.05, 3.63) is 0 Å². The normalized spacial score (nSPS) is 12.2. The van der Waals surface area contributed by atoms with Crippen LogP contribution in [0.25, 0.3) is 0 Å². The van der Waals surface area contributed by atoms with Crippen LogP contribution >= 0.6 is 0 Å². The van der Waals surface area contributed by atoms with Gasteiger partial charge in [-0.3, -0.25) is 9.79 Å². The molecule has 0 unspecified atom stereocenters. The largest absolute Gasteiger partial charge is 0.464 e. The number of carbonyl (C=O) groups is 1. The molecule has 0 aromatic carbocycles. The monoisotopic (exact) mass is 248 g/mol. The van der Waals surface area contributed by atoms with E-state index in [1.54, 1.807) is 0 Å². The van der Waals surface area contributed by atoms with Crippen molar-refractivity contribution in [2.45, 2.75) is 31.6 Å².